The molecule has 4 heteroatoms. The summed E-state index contributed by atoms with van der Waals surface area (Å²) in [6, 6.07) is 7.49. The van der Waals surface area contributed by atoms with Crippen LogP contribution >= 0.6 is 0 Å². The van der Waals surface area contributed by atoms with E-state index >= 15 is 0 Å². The molecule has 0 fully saturated rings. The largest absolute Gasteiger partial charge is 0.465 e. The van der Waals surface area contributed by atoms with Crippen LogP contribution in [0.2, 0.25) is 0 Å². The highest BCUT2D eigenvalue weighted by Crippen LogP contribution is 2.14. The minimum atomic E-state index is -0.321. The van der Waals surface area contributed by atoms with E-state index < -0.39 is 0 Å². The fourth-order valence-electron chi connectivity index (χ4n) is 1.61. The highest BCUT2D eigenvalue weighted by Gasteiger charge is 2.13. The maximum atomic E-state index is 11.3. The monoisotopic (exact) mass is 251 g/mol. The van der Waals surface area contributed by atoms with Gasteiger partial charge in [-0.05, 0) is 30.2 Å². The predicted molar refractivity (Wildman–Crippen MR) is 71.9 cm³/mol. The van der Waals surface area contributed by atoms with E-state index in [4.69, 9.17) is 4.74 Å². The number of methoxy groups -OCH3 is 2. The molecule has 0 aliphatic rings. The summed E-state index contributed by atoms with van der Waals surface area (Å²) >= 11 is 0. The molecule has 0 heterocycles. The lowest BCUT2D eigenvalue weighted by Crippen LogP contribution is -2.30. The van der Waals surface area contributed by atoms with Crippen molar-refractivity contribution < 1.29 is 14.3 Å². The summed E-state index contributed by atoms with van der Waals surface area (Å²) in [6.45, 7) is 4.93. The molecule has 1 unspecified atom stereocenters. The first-order valence-electron chi connectivity index (χ1n) is 6.02. The first kappa shape index (κ1) is 14.5. The van der Waals surface area contributed by atoms with E-state index in [9.17, 15) is 4.79 Å². The van der Waals surface area contributed by atoms with E-state index in [-0.39, 0.29) is 12.0 Å². The van der Waals surface area contributed by atoms with Crippen LogP contribution in [0.15, 0.2) is 24.3 Å². The van der Waals surface area contributed by atoms with Crippen LogP contribution in [0.5, 0.6) is 0 Å². The smallest absolute Gasteiger partial charge is 0.337 e. The minimum absolute atomic E-state index is 0.249. The Morgan fingerprint density at radius 1 is 1.22 bits per heavy atom. The zero-order chi connectivity index (χ0) is 13.5. The highest BCUT2D eigenvalue weighted by molar-refractivity contribution is 5.89. The van der Waals surface area contributed by atoms with Gasteiger partial charge in [-0.15, -0.1) is 0 Å². The predicted octanol–water partition coefficient (Wildman–Crippen LogP) is 2.56. The Hall–Kier alpha value is -1.55. The van der Waals surface area contributed by atoms with Gasteiger partial charge in [0.1, 0.15) is 0 Å². The van der Waals surface area contributed by atoms with Gasteiger partial charge in [-0.1, -0.05) is 13.8 Å². The summed E-state index contributed by atoms with van der Waals surface area (Å²) < 4.78 is 9.83. The Labute approximate surface area is 108 Å². The van der Waals surface area contributed by atoms with Gasteiger partial charge in [0.25, 0.3) is 0 Å². The Kier molecular flexibility index (Phi) is 5.65. The third kappa shape index (κ3) is 4.04. The maximum Gasteiger partial charge on any atom is 0.337 e. The molecule has 0 aromatic heterocycles. The standard InChI is InChI=1S/C14H21NO3/c1-10(2)13(9-17-3)15-12-7-5-11(6-8-12)14(16)18-4/h5-8,10,13,15H,9H2,1-4H3. The molecule has 1 aromatic rings. The SMILES string of the molecule is COCC(Nc1ccc(C(=O)OC)cc1)C(C)C. The van der Waals surface area contributed by atoms with Gasteiger partial charge in [0, 0.05) is 12.8 Å². The molecule has 0 bridgehead atoms. The van der Waals surface area contributed by atoms with E-state index in [1.165, 1.54) is 7.11 Å². The Bertz CT molecular complexity index is 373. The normalized spacial score (nSPS) is 12.3. The van der Waals surface area contributed by atoms with Crippen molar-refractivity contribution >= 4 is 11.7 Å². The van der Waals surface area contributed by atoms with E-state index in [1.54, 1.807) is 19.2 Å². The van der Waals surface area contributed by atoms with Crippen molar-refractivity contribution in [2.24, 2.45) is 5.92 Å². The fourth-order valence-corrected chi connectivity index (χ4v) is 1.61. The second-order valence-corrected chi connectivity index (χ2v) is 4.52. The van der Waals surface area contributed by atoms with Crippen molar-refractivity contribution in [3.63, 3.8) is 0 Å². The van der Waals surface area contributed by atoms with Crippen LogP contribution in [0.25, 0.3) is 0 Å². The average Bonchev–Trinajstić information content (AvgIpc) is 2.38. The number of hydrogen-bond acceptors (Lipinski definition) is 4. The van der Waals surface area contributed by atoms with Crippen molar-refractivity contribution in [2.75, 3.05) is 26.1 Å². The lowest BCUT2D eigenvalue weighted by Gasteiger charge is -2.22. The molecule has 0 aliphatic carbocycles. The van der Waals surface area contributed by atoms with Crippen molar-refractivity contribution in [2.45, 2.75) is 19.9 Å². The van der Waals surface area contributed by atoms with Crippen molar-refractivity contribution in [1.29, 1.82) is 0 Å². The van der Waals surface area contributed by atoms with Crippen LogP contribution < -0.4 is 5.32 Å². The number of nitrogens with one attached hydrogen (secondary N) is 1. The van der Waals surface area contributed by atoms with Gasteiger partial charge in [-0.3, -0.25) is 0 Å². The number of benzene rings is 1. The number of rotatable bonds is 6. The molecule has 1 N–H and O–H groups in total. The summed E-state index contributed by atoms with van der Waals surface area (Å²) in [5.41, 5.74) is 1.52. The molecule has 0 amide bonds. The van der Waals surface area contributed by atoms with Crippen LogP contribution in [-0.2, 0) is 9.47 Å². The van der Waals surface area contributed by atoms with E-state index in [0.717, 1.165) is 5.69 Å². The van der Waals surface area contributed by atoms with Crippen LogP contribution in [-0.4, -0.2) is 32.8 Å². The van der Waals surface area contributed by atoms with Gasteiger partial charge in [0.2, 0.25) is 0 Å². The van der Waals surface area contributed by atoms with Crippen molar-refractivity contribution in [3.8, 4) is 0 Å². The van der Waals surface area contributed by atoms with E-state index in [1.807, 2.05) is 12.1 Å². The second-order valence-electron chi connectivity index (χ2n) is 4.52. The molecule has 0 saturated heterocycles. The van der Waals surface area contributed by atoms with Crippen LogP contribution in [0, 0.1) is 5.92 Å². The minimum Gasteiger partial charge on any atom is -0.465 e. The number of carbonyl (C=O) groups excluding carboxylic acids is 1. The maximum absolute atomic E-state index is 11.3. The molecular weight excluding hydrogens is 230 g/mol. The fraction of sp³-hybridized carbons (Fsp3) is 0.500. The number of ether oxygens (including phenoxy) is 2. The quantitative estimate of drug-likeness (QED) is 0.789. The first-order valence-corrected chi connectivity index (χ1v) is 6.02. The van der Waals surface area contributed by atoms with Crippen LogP contribution in [0.3, 0.4) is 0 Å². The zero-order valence-electron chi connectivity index (χ0n) is 11.4. The van der Waals surface area contributed by atoms with Gasteiger partial charge < -0.3 is 14.8 Å². The van der Waals surface area contributed by atoms with Gasteiger partial charge in [0.05, 0.1) is 25.3 Å². The summed E-state index contributed by atoms with van der Waals surface area (Å²) in [5, 5.41) is 3.39. The van der Waals surface area contributed by atoms with Gasteiger partial charge in [0.15, 0.2) is 0 Å². The van der Waals surface area contributed by atoms with Gasteiger partial charge >= 0.3 is 5.97 Å². The number of esters is 1. The number of carbonyl (C=O) groups is 1. The number of anilines is 1. The molecule has 0 radical (unpaired) electrons. The molecular formula is C14H21NO3. The molecule has 0 saturated carbocycles. The Balaban J connectivity index is 2.70. The molecule has 0 aliphatic heterocycles. The third-order valence-corrected chi connectivity index (χ3v) is 2.81. The van der Waals surface area contributed by atoms with Crippen molar-refractivity contribution in [3.05, 3.63) is 29.8 Å². The molecule has 4 nitrogen and oxygen atoms in total. The topological polar surface area (TPSA) is 47.6 Å². The molecule has 1 atom stereocenters. The summed E-state index contributed by atoms with van der Waals surface area (Å²) in [7, 11) is 3.07. The van der Waals surface area contributed by atoms with E-state index in [0.29, 0.717) is 18.1 Å². The highest BCUT2D eigenvalue weighted by atomic mass is 16.5. The Morgan fingerprint density at radius 2 is 1.83 bits per heavy atom. The average molecular weight is 251 g/mol. The molecule has 1 rings (SSSR count). The molecule has 0 spiro atoms. The Morgan fingerprint density at radius 3 is 2.28 bits per heavy atom. The summed E-state index contributed by atoms with van der Waals surface area (Å²) in [6.07, 6.45) is 0. The third-order valence-electron chi connectivity index (χ3n) is 2.81. The molecule has 18 heavy (non-hydrogen) atoms. The molecule has 100 valence electrons. The van der Waals surface area contributed by atoms with E-state index in [2.05, 4.69) is 23.9 Å². The van der Waals surface area contributed by atoms with Crippen molar-refractivity contribution in [1.82, 2.24) is 0 Å². The zero-order valence-corrected chi connectivity index (χ0v) is 11.4. The summed E-state index contributed by atoms with van der Waals surface area (Å²) in [5.74, 6) is 0.143. The lowest BCUT2D eigenvalue weighted by atomic mass is 10.0. The van der Waals surface area contributed by atoms with Crippen LogP contribution in [0.1, 0.15) is 24.2 Å². The van der Waals surface area contributed by atoms with Gasteiger partial charge in [-0.2, -0.15) is 0 Å². The number of hydrogen-bond donors (Lipinski definition) is 1. The molecule has 1 aromatic carbocycles. The van der Waals surface area contributed by atoms with Crippen LogP contribution in [0.4, 0.5) is 5.69 Å². The van der Waals surface area contributed by atoms with Gasteiger partial charge in [-0.25, -0.2) is 4.79 Å². The second kappa shape index (κ2) is 7.01. The summed E-state index contributed by atoms with van der Waals surface area (Å²) in [4.78, 5) is 11.3. The first-order chi connectivity index (χ1) is 8.58. The lowest BCUT2D eigenvalue weighted by molar-refractivity contribution is 0.0601.